The third kappa shape index (κ3) is 2.78. The summed E-state index contributed by atoms with van der Waals surface area (Å²) in [4.78, 5) is 25.9. The number of aromatic hydroxyl groups is 2. The second-order valence-electron chi connectivity index (χ2n) is 7.82. The second kappa shape index (κ2) is 7.30. The zero-order valence-corrected chi connectivity index (χ0v) is 19.1. The van der Waals surface area contributed by atoms with Crippen molar-refractivity contribution < 1.29 is 58.4 Å². The van der Waals surface area contributed by atoms with Crippen molar-refractivity contribution in [2.75, 3.05) is 28.4 Å². The molecule has 0 aliphatic carbocycles. The maximum Gasteiger partial charge on any atom is 0.270 e. The number of phenolic OH excluding ortho intramolecular Hbond substituents is 2. The third-order valence-electron chi connectivity index (χ3n) is 5.64. The number of rotatable bonds is 5. The molecule has 182 valence electrons. The molecular formula is C22H22O12. The van der Waals surface area contributed by atoms with Gasteiger partial charge in [-0.25, -0.2) is 0 Å². The predicted octanol–water partition coefficient (Wildman–Crippen LogP) is 1.37. The minimum atomic E-state index is -2.36. The highest BCUT2D eigenvalue weighted by atomic mass is 16.6. The maximum atomic E-state index is 12.9. The molecule has 0 aromatic heterocycles. The van der Waals surface area contributed by atoms with Gasteiger partial charge in [0.2, 0.25) is 23.1 Å². The van der Waals surface area contributed by atoms with E-state index in [1.54, 1.807) is 0 Å². The van der Waals surface area contributed by atoms with Crippen LogP contribution in [0.3, 0.4) is 0 Å². The molecule has 0 spiro atoms. The van der Waals surface area contributed by atoms with Gasteiger partial charge in [0, 0.05) is 13.8 Å². The predicted molar refractivity (Wildman–Crippen MR) is 113 cm³/mol. The number of ketones is 2. The summed E-state index contributed by atoms with van der Waals surface area (Å²) in [5.41, 5.74) is -1.37. The van der Waals surface area contributed by atoms with Gasteiger partial charge in [-0.15, -0.1) is 0 Å². The van der Waals surface area contributed by atoms with Gasteiger partial charge in [0.25, 0.3) is 11.6 Å². The van der Waals surface area contributed by atoms with Crippen LogP contribution in [-0.4, -0.2) is 72.0 Å². The Morgan fingerprint density at radius 2 is 0.882 bits per heavy atom. The van der Waals surface area contributed by atoms with Crippen molar-refractivity contribution >= 4 is 11.6 Å². The highest BCUT2D eigenvalue weighted by Crippen LogP contribution is 2.63. The summed E-state index contributed by atoms with van der Waals surface area (Å²) in [5, 5.41) is 43.3. The lowest BCUT2D eigenvalue weighted by atomic mass is 9.92. The van der Waals surface area contributed by atoms with Crippen molar-refractivity contribution in [3.05, 3.63) is 11.1 Å². The summed E-state index contributed by atoms with van der Waals surface area (Å²) < 4.78 is 31.9. The number of fused-ring (bicyclic) bond motifs is 2. The fourth-order valence-electron chi connectivity index (χ4n) is 4.14. The summed E-state index contributed by atoms with van der Waals surface area (Å²) in [5.74, 6) is -9.83. The van der Waals surface area contributed by atoms with Gasteiger partial charge in [-0.2, -0.15) is 0 Å². The maximum absolute atomic E-state index is 12.9. The lowest BCUT2D eigenvalue weighted by Gasteiger charge is -2.22. The van der Waals surface area contributed by atoms with Crippen molar-refractivity contribution in [2.45, 2.75) is 25.4 Å². The number of carbonyl (C=O) groups is 2. The Kier molecular flexibility index (Phi) is 5.00. The fraction of sp³-hybridized carbons (Fsp3) is 0.364. The quantitative estimate of drug-likeness (QED) is 0.487. The van der Waals surface area contributed by atoms with Gasteiger partial charge in [-0.1, -0.05) is 0 Å². The molecule has 0 fully saturated rings. The average molecular weight is 478 g/mol. The lowest BCUT2D eigenvalue weighted by molar-refractivity contribution is -0.0757. The summed E-state index contributed by atoms with van der Waals surface area (Å²) in [6, 6.07) is 0. The second-order valence-corrected chi connectivity index (χ2v) is 7.82. The SMILES string of the molecule is COc1c(O)c(-c2c(O)c(OC)c(OC)c3c2O[C@@](C)(O)C3=O)c2c(c1OC)C(=O)[C@@](C)(O)O2. The molecule has 2 aliphatic heterocycles. The number of Topliss-reactive ketones (excluding diaryl/α,β-unsaturated/α-hetero) is 2. The van der Waals surface area contributed by atoms with E-state index in [4.69, 9.17) is 28.4 Å². The molecule has 0 radical (unpaired) electrons. The first-order valence-electron chi connectivity index (χ1n) is 9.82. The largest absolute Gasteiger partial charge is 0.504 e. The van der Waals surface area contributed by atoms with E-state index < -0.39 is 46.1 Å². The number of hydrogen-bond acceptors (Lipinski definition) is 12. The first-order valence-corrected chi connectivity index (χ1v) is 9.82. The van der Waals surface area contributed by atoms with Crippen LogP contribution in [0.25, 0.3) is 11.1 Å². The van der Waals surface area contributed by atoms with Crippen molar-refractivity contribution in [3.8, 4) is 57.1 Å². The minimum Gasteiger partial charge on any atom is -0.504 e. The van der Waals surface area contributed by atoms with Crippen molar-refractivity contribution in [2.24, 2.45) is 0 Å². The van der Waals surface area contributed by atoms with E-state index in [-0.39, 0.29) is 45.3 Å². The van der Waals surface area contributed by atoms with Crippen LogP contribution in [0.2, 0.25) is 0 Å². The number of aliphatic hydroxyl groups is 2. The number of methoxy groups -OCH3 is 4. The standard InChI is InChI=1S/C22H22O12/c1-21(27)19(25)9-13(33-21)7(11(23)17(31-5)15(9)29-3)8-12(24)18(32-6)16(30-4)10-14(8)34-22(2,28)20(10)26/h23-24,27-28H,1-6H3/t21-,22+. The molecule has 2 aromatic rings. The van der Waals surface area contributed by atoms with Crippen LogP contribution in [0.5, 0.6) is 46.0 Å². The Labute approximate surface area is 192 Å². The van der Waals surface area contributed by atoms with E-state index in [2.05, 4.69) is 0 Å². The van der Waals surface area contributed by atoms with Crippen LogP contribution in [0.4, 0.5) is 0 Å². The van der Waals surface area contributed by atoms with Gasteiger partial charge >= 0.3 is 0 Å². The summed E-state index contributed by atoms with van der Waals surface area (Å²) in [7, 11) is 4.80. The Balaban J connectivity index is 2.23. The summed E-state index contributed by atoms with van der Waals surface area (Å²) >= 11 is 0. The van der Waals surface area contributed by atoms with Crippen LogP contribution in [0, 0.1) is 0 Å². The van der Waals surface area contributed by atoms with Crippen molar-refractivity contribution in [3.63, 3.8) is 0 Å². The van der Waals surface area contributed by atoms with Gasteiger partial charge in [-0.05, 0) is 0 Å². The van der Waals surface area contributed by atoms with E-state index in [9.17, 15) is 30.0 Å². The molecular weight excluding hydrogens is 456 g/mol. The van der Waals surface area contributed by atoms with Crippen LogP contribution in [0.15, 0.2) is 0 Å². The van der Waals surface area contributed by atoms with Gasteiger partial charge < -0.3 is 48.8 Å². The zero-order chi connectivity index (χ0) is 25.3. The Bertz CT molecular complexity index is 1160. The van der Waals surface area contributed by atoms with Crippen molar-refractivity contribution in [1.82, 2.24) is 0 Å². The van der Waals surface area contributed by atoms with E-state index in [1.807, 2.05) is 0 Å². The van der Waals surface area contributed by atoms with E-state index in [1.165, 1.54) is 28.4 Å². The Morgan fingerprint density at radius 1 is 0.588 bits per heavy atom. The molecule has 34 heavy (non-hydrogen) atoms. The molecule has 2 atom stereocenters. The molecule has 2 aliphatic rings. The number of benzene rings is 2. The smallest absolute Gasteiger partial charge is 0.270 e. The minimum absolute atomic E-state index is 0.234. The molecule has 4 N–H and O–H groups in total. The van der Waals surface area contributed by atoms with Crippen LogP contribution in [0.1, 0.15) is 34.6 Å². The number of phenols is 2. The van der Waals surface area contributed by atoms with Crippen LogP contribution in [-0.2, 0) is 0 Å². The molecule has 0 bridgehead atoms. The van der Waals surface area contributed by atoms with Crippen LogP contribution >= 0.6 is 0 Å². The van der Waals surface area contributed by atoms with Gasteiger partial charge in [0.15, 0.2) is 34.5 Å². The molecule has 12 nitrogen and oxygen atoms in total. The molecule has 0 amide bonds. The zero-order valence-electron chi connectivity index (χ0n) is 19.1. The molecule has 0 saturated carbocycles. The first kappa shape index (κ1) is 23.3. The highest BCUT2D eigenvalue weighted by Gasteiger charge is 2.52. The normalized spacial score (nSPS) is 22.6. The molecule has 2 aromatic carbocycles. The van der Waals surface area contributed by atoms with E-state index >= 15 is 0 Å². The monoisotopic (exact) mass is 478 g/mol. The Morgan fingerprint density at radius 3 is 1.15 bits per heavy atom. The molecule has 2 heterocycles. The topological polar surface area (TPSA) is 170 Å². The number of ether oxygens (including phenoxy) is 6. The van der Waals surface area contributed by atoms with Crippen LogP contribution < -0.4 is 28.4 Å². The number of carbonyl (C=O) groups excluding carboxylic acids is 2. The third-order valence-corrected chi connectivity index (χ3v) is 5.64. The van der Waals surface area contributed by atoms with Gasteiger partial charge in [0.05, 0.1) is 39.6 Å². The molecule has 12 heteroatoms. The number of hydrogen-bond donors (Lipinski definition) is 4. The van der Waals surface area contributed by atoms with Gasteiger partial charge in [-0.3, -0.25) is 9.59 Å². The van der Waals surface area contributed by atoms with E-state index in [0.717, 1.165) is 13.8 Å². The first-order chi connectivity index (χ1) is 15.9. The Hall–Kier alpha value is -3.90. The molecule has 0 unspecified atom stereocenters. The fourth-order valence-corrected chi connectivity index (χ4v) is 4.14. The average Bonchev–Trinajstić information content (AvgIpc) is 3.15. The molecule has 0 saturated heterocycles. The highest BCUT2D eigenvalue weighted by molar-refractivity contribution is 6.16. The van der Waals surface area contributed by atoms with Gasteiger partial charge in [0.1, 0.15) is 11.1 Å². The molecule has 4 rings (SSSR count). The summed E-state index contributed by atoms with van der Waals surface area (Å²) in [6.45, 7) is 2.15. The van der Waals surface area contributed by atoms with Crippen molar-refractivity contribution in [1.29, 1.82) is 0 Å². The summed E-state index contributed by atoms with van der Waals surface area (Å²) in [6.07, 6.45) is 0. The van der Waals surface area contributed by atoms with E-state index in [0.29, 0.717) is 0 Å². The lowest BCUT2D eigenvalue weighted by Crippen LogP contribution is -2.35.